The minimum atomic E-state index is -0.239. The number of aryl methyl sites for hydroxylation is 1. The van der Waals surface area contributed by atoms with E-state index in [1.807, 2.05) is 37.3 Å². The van der Waals surface area contributed by atoms with Gasteiger partial charge in [-0.1, -0.05) is 38.0 Å². The first-order chi connectivity index (χ1) is 16.5. The lowest BCUT2D eigenvalue weighted by atomic mass is 10.0. The Morgan fingerprint density at radius 1 is 1.21 bits per heavy atom. The number of nitrogens with one attached hydrogen (secondary N) is 1. The van der Waals surface area contributed by atoms with Gasteiger partial charge in [0.05, 0.1) is 5.69 Å². The van der Waals surface area contributed by atoms with Crippen molar-refractivity contribution in [1.29, 1.82) is 0 Å². The van der Waals surface area contributed by atoms with E-state index >= 15 is 0 Å². The summed E-state index contributed by atoms with van der Waals surface area (Å²) >= 11 is 0. The molecule has 182 valence electrons. The second-order valence-corrected chi connectivity index (χ2v) is 9.35. The first-order valence-corrected chi connectivity index (χ1v) is 12.6. The van der Waals surface area contributed by atoms with E-state index in [4.69, 9.17) is 0 Å². The highest BCUT2D eigenvalue weighted by Crippen LogP contribution is 2.35. The second-order valence-electron chi connectivity index (χ2n) is 9.35. The van der Waals surface area contributed by atoms with Crippen LogP contribution in [0.1, 0.15) is 54.6 Å². The van der Waals surface area contributed by atoms with Gasteiger partial charge in [-0.15, -0.1) is 0 Å². The van der Waals surface area contributed by atoms with Gasteiger partial charge in [-0.3, -0.25) is 9.69 Å². The minimum absolute atomic E-state index is 0.0100. The molecule has 3 heterocycles. The fourth-order valence-electron chi connectivity index (χ4n) is 5.15. The largest absolute Gasteiger partial charge is 0.336 e. The summed E-state index contributed by atoms with van der Waals surface area (Å²) in [6.07, 6.45) is 5.61. The highest BCUT2D eigenvalue weighted by molar-refractivity contribution is 6.11. The minimum Gasteiger partial charge on any atom is -0.336 e. The number of likely N-dealkylation sites (N-methyl/N-ethyl adjacent to an activating group) is 1. The summed E-state index contributed by atoms with van der Waals surface area (Å²) in [6.45, 7) is 12.1. The Hall–Kier alpha value is -2.77. The zero-order valence-corrected chi connectivity index (χ0v) is 20.7. The van der Waals surface area contributed by atoms with Crippen molar-refractivity contribution in [3.63, 3.8) is 0 Å². The SMILES string of the molecule is CCN(CC)CC1CCCCN1CCNC(=O)N1c2ccc(C)cc2C(=O)Cc2cccnc21. The normalized spacial score (nSPS) is 18.4. The van der Waals surface area contributed by atoms with Crippen LogP contribution >= 0.6 is 0 Å². The average molecular weight is 464 g/mol. The maximum absolute atomic E-state index is 13.5. The van der Waals surface area contributed by atoms with Gasteiger partial charge in [-0.25, -0.2) is 14.7 Å². The van der Waals surface area contributed by atoms with Crippen molar-refractivity contribution in [2.45, 2.75) is 52.5 Å². The smallest absolute Gasteiger partial charge is 0.327 e. The molecule has 0 bridgehead atoms. The monoisotopic (exact) mass is 463 g/mol. The number of amides is 2. The summed E-state index contributed by atoms with van der Waals surface area (Å²) in [7, 11) is 0. The highest BCUT2D eigenvalue weighted by Gasteiger charge is 2.31. The number of likely N-dealkylation sites (tertiary alicyclic amines) is 1. The Bertz CT molecular complexity index is 1020. The summed E-state index contributed by atoms with van der Waals surface area (Å²) in [5, 5.41) is 3.12. The third-order valence-electron chi connectivity index (χ3n) is 7.11. The molecule has 2 aliphatic heterocycles. The number of aromatic nitrogens is 1. The fraction of sp³-hybridized carbons (Fsp3) is 0.519. The number of rotatable bonds is 7. The molecule has 1 N–H and O–H groups in total. The van der Waals surface area contributed by atoms with Gasteiger partial charge in [-0.05, 0) is 57.6 Å². The van der Waals surface area contributed by atoms with Gasteiger partial charge in [0.25, 0.3) is 0 Å². The Morgan fingerprint density at radius 3 is 2.82 bits per heavy atom. The molecular weight excluding hydrogens is 426 g/mol. The number of hydrogen-bond acceptors (Lipinski definition) is 5. The van der Waals surface area contributed by atoms with Crippen LogP contribution in [0, 0.1) is 6.92 Å². The van der Waals surface area contributed by atoms with E-state index in [1.165, 1.54) is 19.3 Å². The predicted molar refractivity (Wildman–Crippen MR) is 136 cm³/mol. The number of ketones is 1. The second kappa shape index (κ2) is 11.1. The van der Waals surface area contributed by atoms with Crippen molar-refractivity contribution in [3.05, 3.63) is 53.2 Å². The van der Waals surface area contributed by atoms with Crippen LogP contribution in [0.5, 0.6) is 0 Å². The van der Waals surface area contributed by atoms with Crippen molar-refractivity contribution in [1.82, 2.24) is 20.1 Å². The van der Waals surface area contributed by atoms with Gasteiger partial charge in [0.2, 0.25) is 0 Å². The summed E-state index contributed by atoms with van der Waals surface area (Å²) in [5.74, 6) is 0.546. The third-order valence-corrected chi connectivity index (χ3v) is 7.11. The van der Waals surface area contributed by atoms with E-state index in [1.54, 1.807) is 11.1 Å². The zero-order chi connectivity index (χ0) is 24.1. The number of urea groups is 1. The van der Waals surface area contributed by atoms with E-state index in [-0.39, 0.29) is 18.2 Å². The maximum atomic E-state index is 13.5. The fourth-order valence-corrected chi connectivity index (χ4v) is 5.15. The number of carbonyl (C=O) groups is 2. The summed E-state index contributed by atoms with van der Waals surface area (Å²) in [6, 6.07) is 9.66. The van der Waals surface area contributed by atoms with Crippen LogP contribution in [0.3, 0.4) is 0 Å². The molecule has 7 nitrogen and oxygen atoms in total. The van der Waals surface area contributed by atoms with Gasteiger partial charge in [0, 0.05) is 49.4 Å². The number of piperidine rings is 1. The van der Waals surface area contributed by atoms with Gasteiger partial charge < -0.3 is 10.2 Å². The lowest BCUT2D eigenvalue weighted by Crippen LogP contribution is -2.50. The molecule has 1 fully saturated rings. The van der Waals surface area contributed by atoms with Crippen LogP contribution in [0.15, 0.2) is 36.5 Å². The van der Waals surface area contributed by atoms with Gasteiger partial charge in [0.15, 0.2) is 5.78 Å². The maximum Gasteiger partial charge on any atom is 0.327 e. The van der Waals surface area contributed by atoms with Gasteiger partial charge >= 0.3 is 6.03 Å². The number of pyridine rings is 1. The standard InChI is InChI=1S/C27H37N5O2/c1-4-30(5-2)19-22-10-6-7-15-31(22)16-14-29-27(34)32-24-12-11-20(3)17-23(24)25(33)18-21-9-8-13-28-26(21)32/h8-9,11-13,17,22H,4-7,10,14-16,18-19H2,1-3H3,(H,29,34). The van der Waals surface area contributed by atoms with Crippen LogP contribution in [-0.4, -0.2) is 71.9 Å². The average Bonchev–Trinajstić information content (AvgIpc) is 2.97. The number of anilines is 2. The number of nitrogens with zero attached hydrogens (tertiary/aromatic N) is 4. The third kappa shape index (κ3) is 5.31. The number of carbonyl (C=O) groups excluding carboxylic acids is 2. The van der Waals surface area contributed by atoms with Crippen LogP contribution < -0.4 is 10.2 Å². The number of benzene rings is 1. The summed E-state index contributed by atoms with van der Waals surface area (Å²) in [5.41, 5.74) is 2.94. The van der Waals surface area contributed by atoms with Gasteiger partial charge in [-0.2, -0.15) is 0 Å². The molecule has 1 aromatic heterocycles. The quantitative estimate of drug-likeness (QED) is 0.667. The summed E-state index contributed by atoms with van der Waals surface area (Å²) in [4.78, 5) is 37.6. The molecule has 1 aromatic carbocycles. The Kier molecular flexibility index (Phi) is 7.95. The van der Waals surface area contributed by atoms with Crippen molar-refractivity contribution in [3.8, 4) is 0 Å². The first-order valence-electron chi connectivity index (χ1n) is 12.6. The number of fused-ring (bicyclic) bond motifs is 2. The molecule has 1 unspecified atom stereocenters. The molecule has 34 heavy (non-hydrogen) atoms. The van der Waals surface area contributed by atoms with E-state index in [0.717, 1.165) is 43.9 Å². The van der Waals surface area contributed by atoms with E-state index in [0.29, 0.717) is 29.7 Å². The molecular formula is C27H37N5O2. The van der Waals surface area contributed by atoms with Crippen molar-refractivity contribution in [2.24, 2.45) is 0 Å². The Morgan fingerprint density at radius 2 is 2.03 bits per heavy atom. The zero-order valence-electron chi connectivity index (χ0n) is 20.7. The molecule has 0 saturated carbocycles. The lowest BCUT2D eigenvalue weighted by molar-refractivity contribution is 0.0994. The molecule has 0 spiro atoms. The van der Waals surface area contributed by atoms with Crippen LogP contribution in [0.25, 0.3) is 0 Å². The van der Waals surface area contributed by atoms with Crippen LogP contribution in [-0.2, 0) is 6.42 Å². The molecule has 2 aromatic rings. The lowest BCUT2D eigenvalue weighted by Gasteiger charge is -2.38. The number of Topliss-reactive ketones (excluding diaryl/α,β-unsaturated/α-hetero) is 1. The van der Waals surface area contributed by atoms with Gasteiger partial charge in [0.1, 0.15) is 5.82 Å². The molecule has 2 aliphatic rings. The molecule has 1 saturated heterocycles. The van der Waals surface area contributed by atoms with Crippen molar-refractivity contribution >= 4 is 23.3 Å². The molecule has 0 radical (unpaired) electrons. The first kappa shape index (κ1) is 24.4. The number of hydrogen-bond donors (Lipinski definition) is 1. The molecule has 0 aliphatic carbocycles. The molecule has 2 amide bonds. The van der Waals surface area contributed by atoms with E-state index in [2.05, 4.69) is 33.9 Å². The summed E-state index contributed by atoms with van der Waals surface area (Å²) < 4.78 is 0. The predicted octanol–water partition coefficient (Wildman–Crippen LogP) is 4.17. The van der Waals surface area contributed by atoms with Crippen LogP contribution in [0.4, 0.5) is 16.3 Å². The van der Waals surface area contributed by atoms with E-state index in [9.17, 15) is 9.59 Å². The van der Waals surface area contributed by atoms with Crippen LogP contribution in [0.2, 0.25) is 0 Å². The van der Waals surface area contributed by atoms with Crippen molar-refractivity contribution < 1.29 is 9.59 Å². The Labute approximate surface area is 203 Å². The Balaban J connectivity index is 1.49. The highest BCUT2D eigenvalue weighted by atomic mass is 16.2. The van der Waals surface area contributed by atoms with Crippen molar-refractivity contribution in [2.75, 3.05) is 44.2 Å². The molecule has 4 rings (SSSR count). The molecule has 7 heteroatoms. The van der Waals surface area contributed by atoms with E-state index < -0.39 is 0 Å². The topological polar surface area (TPSA) is 68.8 Å². The molecule has 1 atom stereocenters.